The minimum Gasteiger partial charge on any atom is -0.346 e. The number of nitrogens with one attached hydrogen (secondary N) is 1. The summed E-state index contributed by atoms with van der Waals surface area (Å²) in [6.07, 6.45) is 4.15. The summed E-state index contributed by atoms with van der Waals surface area (Å²) in [6.45, 7) is 6.24. The summed E-state index contributed by atoms with van der Waals surface area (Å²) in [7, 11) is -1.45. The summed E-state index contributed by atoms with van der Waals surface area (Å²) in [5.74, 6) is 0.865. The van der Waals surface area contributed by atoms with E-state index >= 15 is 0 Å². The number of hydrogen-bond donors (Lipinski definition) is 1. The highest BCUT2D eigenvalue weighted by molar-refractivity contribution is 7.89. The van der Waals surface area contributed by atoms with Crippen molar-refractivity contribution in [2.45, 2.75) is 44.2 Å². The van der Waals surface area contributed by atoms with Crippen LogP contribution < -0.4 is 5.32 Å². The van der Waals surface area contributed by atoms with E-state index in [4.69, 9.17) is 0 Å². The first-order valence-electron chi connectivity index (χ1n) is 7.79. The molecule has 1 saturated heterocycles. The molecule has 1 aromatic rings. The number of aromatic nitrogens is 1. The van der Waals surface area contributed by atoms with Crippen molar-refractivity contribution in [3.05, 3.63) is 18.0 Å². The van der Waals surface area contributed by atoms with Crippen LogP contribution in [0.4, 0.5) is 0 Å². The highest BCUT2D eigenvalue weighted by atomic mass is 32.2. The summed E-state index contributed by atoms with van der Waals surface area (Å²) in [6, 6.07) is 2.34. The molecular formula is C15H25N3O2S. The monoisotopic (exact) mass is 311 g/mol. The molecule has 2 atom stereocenters. The molecule has 1 saturated carbocycles. The van der Waals surface area contributed by atoms with Gasteiger partial charge in [0.15, 0.2) is 0 Å². The predicted octanol–water partition coefficient (Wildman–Crippen LogP) is 1.82. The van der Waals surface area contributed by atoms with Gasteiger partial charge in [0.25, 0.3) is 0 Å². The largest absolute Gasteiger partial charge is 0.346 e. The normalized spacial score (nSPS) is 27.4. The molecule has 1 aliphatic heterocycles. The fourth-order valence-electron chi connectivity index (χ4n) is 3.08. The smallest absolute Gasteiger partial charge is 0.244 e. The fourth-order valence-corrected chi connectivity index (χ4v) is 4.77. The van der Waals surface area contributed by atoms with Crippen molar-refractivity contribution in [1.29, 1.82) is 0 Å². The molecule has 1 aromatic heterocycles. The second-order valence-corrected chi connectivity index (χ2v) is 8.55. The van der Waals surface area contributed by atoms with Crippen molar-refractivity contribution in [3.8, 4) is 0 Å². The van der Waals surface area contributed by atoms with Gasteiger partial charge in [-0.1, -0.05) is 13.8 Å². The van der Waals surface area contributed by atoms with E-state index < -0.39 is 10.0 Å². The Hall–Kier alpha value is -0.850. The van der Waals surface area contributed by atoms with Gasteiger partial charge in [0.05, 0.1) is 0 Å². The first kappa shape index (κ1) is 15.1. The van der Waals surface area contributed by atoms with Gasteiger partial charge < -0.3 is 9.88 Å². The van der Waals surface area contributed by atoms with E-state index in [0.29, 0.717) is 42.4 Å². The summed E-state index contributed by atoms with van der Waals surface area (Å²) in [5, 5.41) is 3.13. The highest BCUT2D eigenvalue weighted by Gasteiger charge is 2.36. The third kappa shape index (κ3) is 2.76. The van der Waals surface area contributed by atoms with E-state index in [1.807, 2.05) is 19.3 Å². The Morgan fingerprint density at radius 3 is 2.38 bits per heavy atom. The van der Waals surface area contributed by atoms with Gasteiger partial charge in [0, 0.05) is 37.6 Å². The molecule has 6 heteroatoms. The van der Waals surface area contributed by atoms with E-state index in [1.54, 1.807) is 4.31 Å². The zero-order valence-electron chi connectivity index (χ0n) is 13.0. The van der Waals surface area contributed by atoms with Gasteiger partial charge in [-0.15, -0.1) is 0 Å². The van der Waals surface area contributed by atoms with E-state index in [-0.39, 0.29) is 0 Å². The quantitative estimate of drug-likeness (QED) is 0.902. The number of nitrogens with zero attached hydrogens (tertiary/aromatic N) is 2. The molecule has 0 radical (unpaired) electrons. The van der Waals surface area contributed by atoms with Crippen LogP contribution in [-0.2, 0) is 16.6 Å². The molecule has 118 valence electrons. The molecule has 0 bridgehead atoms. The average Bonchev–Trinajstić information content (AvgIpc) is 3.09. The second-order valence-electron chi connectivity index (χ2n) is 6.61. The lowest BCUT2D eigenvalue weighted by molar-refractivity contribution is 0.463. The fraction of sp³-hybridized carbons (Fsp3) is 0.733. The maximum atomic E-state index is 12.8. The van der Waals surface area contributed by atoms with Gasteiger partial charge in [-0.2, -0.15) is 4.31 Å². The molecular weight excluding hydrogens is 286 g/mol. The molecule has 2 fully saturated rings. The molecule has 0 amide bonds. The van der Waals surface area contributed by atoms with Crippen LogP contribution in [0, 0.1) is 11.8 Å². The van der Waals surface area contributed by atoms with Crippen LogP contribution in [0.3, 0.4) is 0 Å². The Kier molecular flexibility index (Phi) is 3.88. The zero-order chi connectivity index (χ0) is 15.2. The van der Waals surface area contributed by atoms with Crippen LogP contribution >= 0.6 is 0 Å². The second kappa shape index (κ2) is 5.41. The van der Waals surface area contributed by atoms with Gasteiger partial charge in [0.2, 0.25) is 10.0 Å². The summed E-state index contributed by atoms with van der Waals surface area (Å²) in [4.78, 5) is 0.459. The van der Waals surface area contributed by atoms with Crippen LogP contribution in [0.15, 0.2) is 17.2 Å². The Morgan fingerprint density at radius 2 is 1.86 bits per heavy atom. The SMILES string of the molecule is CNCc1cc(S(=O)(=O)N2CC(C)C(C)C2)cn1C1CC1. The Labute approximate surface area is 127 Å². The van der Waals surface area contributed by atoms with Crippen molar-refractivity contribution in [2.75, 3.05) is 20.1 Å². The van der Waals surface area contributed by atoms with Crippen LogP contribution in [-0.4, -0.2) is 37.4 Å². The van der Waals surface area contributed by atoms with Crippen LogP contribution in [0.5, 0.6) is 0 Å². The van der Waals surface area contributed by atoms with Gasteiger partial charge in [-0.05, 0) is 37.8 Å². The van der Waals surface area contributed by atoms with E-state index in [1.165, 1.54) is 0 Å². The number of sulfonamides is 1. The molecule has 2 heterocycles. The van der Waals surface area contributed by atoms with Gasteiger partial charge in [-0.3, -0.25) is 0 Å². The van der Waals surface area contributed by atoms with Crippen LogP contribution in [0.1, 0.15) is 38.4 Å². The van der Waals surface area contributed by atoms with Crippen molar-refractivity contribution in [1.82, 2.24) is 14.2 Å². The van der Waals surface area contributed by atoms with Crippen molar-refractivity contribution < 1.29 is 8.42 Å². The first-order chi connectivity index (χ1) is 9.93. The third-order valence-electron chi connectivity index (χ3n) is 4.80. The van der Waals surface area contributed by atoms with Crippen molar-refractivity contribution in [3.63, 3.8) is 0 Å². The molecule has 1 aliphatic carbocycles. The predicted molar refractivity (Wildman–Crippen MR) is 82.6 cm³/mol. The maximum absolute atomic E-state index is 12.8. The van der Waals surface area contributed by atoms with Gasteiger partial charge in [-0.25, -0.2) is 8.42 Å². The lowest BCUT2D eigenvalue weighted by Gasteiger charge is -2.14. The van der Waals surface area contributed by atoms with Crippen LogP contribution in [0.2, 0.25) is 0 Å². The lowest BCUT2D eigenvalue weighted by atomic mass is 10.0. The lowest BCUT2D eigenvalue weighted by Crippen LogP contribution is -2.28. The Bertz CT molecular complexity index is 609. The summed E-state index contributed by atoms with van der Waals surface area (Å²) >= 11 is 0. The Balaban J connectivity index is 1.90. The number of hydrogen-bond acceptors (Lipinski definition) is 3. The molecule has 2 unspecified atom stereocenters. The summed E-state index contributed by atoms with van der Waals surface area (Å²) in [5.41, 5.74) is 1.07. The molecule has 5 nitrogen and oxygen atoms in total. The topological polar surface area (TPSA) is 54.3 Å². The summed E-state index contributed by atoms with van der Waals surface area (Å²) < 4.78 is 29.5. The molecule has 2 aliphatic rings. The first-order valence-corrected chi connectivity index (χ1v) is 9.23. The van der Waals surface area contributed by atoms with E-state index in [2.05, 4.69) is 23.7 Å². The molecule has 3 rings (SSSR count). The van der Waals surface area contributed by atoms with Crippen LogP contribution in [0.25, 0.3) is 0 Å². The van der Waals surface area contributed by atoms with E-state index in [9.17, 15) is 8.42 Å². The minimum atomic E-state index is -3.35. The molecule has 0 spiro atoms. The highest BCUT2D eigenvalue weighted by Crippen LogP contribution is 2.38. The van der Waals surface area contributed by atoms with Crippen molar-refractivity contribution >= 4 is 10.0 Å². The zero-order valence-corrected chi connectivity index (χ0v) is 13.9. The maximum Gasteiger partial charge on any atom is 0.244 e. The minimum absolute atomic E-state index is 0.432. The molecule has 21 heavy (non-hydrogen) atoms. The average molecular weight is 311 g/mol. The van der Waals surface area contributed by atoms with Gasteiger partial charge >= 0.3 is 0 Å². The number of rotatable bonds is 5. The van der Waals surface area contributed by atoms with Crippen molar-refractivity contribution in [2.24, 2.45) is 11.8 Å². The standard InChI is InChI=1S/C15H25N3O2S/c1-11-8-17(9-12(11)2)21(19,20)15-6-14(7-16-3)18(10-15)13-4-5-13/h6,10-13,16H,4-5,7-9H2,1-3H3. The molecule has 0 aromatic carbocycles. The molecule has 1 N–H and O–H groups in total. The van der Waals surface area contributed by atoms with E-state index in [0.717, 1.165) is 18.5 Å². The Morgan fingerprint density at radius 1 is 1.24 bits per heavy atom. The van der Waals surface area contributed by atoms with Gasteiger partial charge in [0.1, 0.15) is 4.90 Å². The third-order valence-corrected chi connectivity index (χ3v) is 6.59.